The van der Waals surface area contributed by atoms with Crippen molar-refractivity contribution in [2.24, 2.45) is 5.10 Å². The van der Waals surface area contributed by atoms with Crippen LogP contribution in [0, 0.1) is 0 Å². The fraction of sp³-hybridized carbons (Fsp3) is 0.176. The lowest BCUT2D eigenvalue weighted by Gasteiger charge is -2.07. The number of rotatable bonds is 6. The molecule has 1 amide bonds. The molecule has 2 aromatic rings. The summed E-state index contributed by atoms with van der Waals surface area (Å²) in [5.74, 6) is 0.337. The number of ether oxygens (including phenoxy) is 1. The number of hydrogen-bond acceptors (Lipinski definition) is 3. The van der Waals surface area contributed by atoms with Crippen LogP contribution >= 0.6 is 11.6 Å². The first kappa shape index (κ1) is 16.0. The first-order valence-electron chi connectivity index (χ1n) is 6.98. The molecule has 0 fully saturated rings. The van der Waals surface area contributed by atoms with Gasteiger partial charge in [-0.2, -0.15) is 5.10 Å². The first-order chi connectivity index (χ1) is 10.7. The van der Waals surface area contributed by atoms with Crippen molar-refractivity contribution in [2.75, 3.05) is 6.61 Å². The summed E-state index contributed by atoms with van der Waals surface area (Å²) >= 11 is 5.96. The SMILES string of the molecule is CCC(=NNC(=O)COc1ccccc1)c1cccc(Cl)c1. The minimum atomic E-state index is -0.308. The summed E-state index contributed by atoms with van der Waals surface area (Å²) in [4.78, 5) is 11.8. The molecular weight excluding hydrogens is 300 g/mol. The van der Waals surface area contributed by atoms with E-state index in [4.69, 9.17) is 16.3 Å². The van der Waals surface area contributed by atoms with Gasteiger partial charge in [0, 0.05) is 5.02 Å². The second-order valence-corrected chi connectivity index (χ2v) is 5.00. The number of amides is 1. The van der Waals surface area contributed by atoms with Crippen LogP contribution in [0.4, 0.5) is 0 Å². The molecular formula is C17H17ClN2O2. The number of nitrogens with zero attached hydrogens (tertiary/aromatic N) is 1. The van der Waals surface area contributed by atoms with E-state index in [9.17, 15) is 4.79 Å². The molecule has 0 spiro atoms. The summed E-state index contributed by atoms with van der Waals surface area (Å²) < 4.78 is 5.36. The van der Waals surface area contributed by atoms with Crippen LogP contribution in [0.3, 0.4) is 0 Å². The van der Waals surface area contributed by atoms with Crippen molar-refractivity contribution in [3.8, 4) is 5.75 Å². The lowest BCUT2D eigenvalue weighted by Crippen LogP contribution is -2.26. The van der Waals surface area contributed by atoms with Crippen LogP contribution in [0.2, 0.25) is 5.02 Å². The molecule has 0 aromatic heterocycles. The largest absolute Gasteiger partial charge is 0.484 e. The monoisotopic (exact) mass is 316 g/mol. The van der Waals surface area contributed by atoms with Gasteiger partial charge < -0.3 is 4.74 Å². The van der Waals surface area contributed by atoms with Gasteiger partial charge in [0.2, 0.25) is 0 Å². The summed E-state index contributed by atoms with van der Waals surface area (Å²) in [6.45, 7) is 1.88. The number of para-hydroxylation sites is 1. The third-order valence-electron chi connectivity index (χ3n) is 2.92. The summed E-state index contributed by atoms with van der Waals surface area (Å²) in [5, 5.41) is 4.78. The Labute approximate surface area is 134 Å². The fourth-order valence-electron chi connectivity index (χ4n) is 1.84. The summed E-state index contributed by atoms with van der Waals surface area (Å²) in [7, 11) is 0. The average Bonchev–Trinajstić information content (AvgIpc) is 2.54. The van der Waals surface area contributed by atoms with Crippen molar-refractivity contribution in [1.82, 2.24) is 5.43 Å². The zero-order valence-electron chi connectivity index (χ0n) is 12.3. The van der Waals surface area contributed by atoms with E-state index in [0.29, 0.717) is 17.2 Å². The molecule has 2 rings (SSSR count). The number of hydrogen-bond donors (Lipinski definition) is 1. The van der Waals surface area contributed by atoms with Crippen LogP contribution in [-0.2, 0) is 4.79 Å². The Hall–Kier alpha value is -2.33. The summed E-state index contributed by atoms with van der Waals surface area (Å²) in [6, 6.07) is 16.5. The number of hydrazone groups is 1. The Morgan fingerprint density at radius 1 is 1.18 bits per heavy atom. The maximum Gasteiger partial charge on any atom is 0.277 e. The molecule has 0 atom stereocenters. The van der Waals surface area contributed by atoms with Crippen molar-refractivity contribution in [3.63, 3.8) is 0 Å². The van der Waals surface area contributed by atoms with E-state index in [1.807, 2.05) is 43.3 Å². The van der Waals surface area contributed by atoms with Gasteiger partial charge in [-0.15, -0.1) is 0 Å². The van der Waals surface area contributed by atoms with Gasteiger partial charge in [0.15, 0.2) is 6.61 Å². The van der Waals surface area contributed by atoms with Gasteiger partial charge in [0.05, 0.1) is 5.71 Å². The molecule has 2 aromatic carbocycles. The maximum absolute atomic E-state index is 11.8. The van der Waals surface area contributed by atoms with E-state index < -0.39 is 0 Å². The second kappa shape index (κ2) is 8.20. The highest BCUT2D eigenvalue weighted by molar-refractivity contribution is 6.31. The molecule has 0 radical (unpaired) electrons. The molecule has 0 saturated carbocycles. The third-order valence-corrected chi connectivity index (χ3v) is 3.16. The molecule has 22 heavy (non-hydrogen) atoms. The van der Waals surface area contributed by atoms with Gasteiger partial charge in [-0.1, -0.05) is 48.9 Å². The molecule has 0 saturated heterocycles. The van der Waals surface area contributed by atoms with Crippen molar-refractivity contribution < 1.29 is 9.53 Å². The van der Waals surface area contributed by atoms with Crippen LogP contribution in [0.5, 0.6) is 5.75 Å². The summed E-state index contributed by atoms with van der Waals surface area (Å²) in [6.07, 6.45) is 0.681. The average molecular weight is 317 g/mol. The number of nitrogens with one attached hydrogen (secondary N) is 1. The standard InChI is InChI=1S/C17H17ClN2O2/c1-2-16(13-7-6-8-14(18)11-13)19-20-17(21)12-22-15-9-4-3-5-10-15/h3-11H,2,12H2,1H3,(H,20,21). The molecule has 0 bridgehead atoms. The van der Waals surface area contributed by atoms with Gasteiger partial charge in [-0.3, -0.25) is 4.79 Å². The van der Waals surface area contributed by atoms with E-state index in [1.54, 1.807) is 18.2 Å². The van der Waals surface area contributed by atoms with Crippen molar-refractivity contribution in [2.45, 2.75) is 13.3 Å². The van der Waals surface area contributed by atoms with Gasteiger partial charge in [-0.05, 0) is 36.2 Å². The minimum absolute atomic E-state index is 0.0833. The Kier molecular flexibility index (Phi) is 5.98. The summed E-state index contributed by atoms with van der Waals surface area (Å²) in [5.41, 5.74) is 4.15. The predicted molar refractivity (Wildman–Crippen MR) is 88.4 cm³/mol. The van der Waals surface area contributed by atoms with Crippen LogP contribution < -0.4 is 10.2 Å². The van der Waals surface area contributed by atoms with E-state index >= 15 is 0 Å². The first-order valence-corrected chi connectivity index (χ1v) is 7.36. The Morgan fingerprint density at radius 2 is 1.95 bits per heavy atom. The normalized spacial score (nSPS) is 11.1. The highest BCUT2D eigenvalue weighted by atomic mass is 35.5. The molecule has 114 valence electrons. The van der Waals surface area contributed by atoms with Gasteiger partial charge in [0.1, 0.15) is 5.75 Å². The molecule has 0 unspecified atom stereocenters. The smallest absolute Gasteiger partial charge is 0.277 e. The molecule has 4 nitrogen and oxygen atoms in total. The van der Waals surface area contributed by atoms with E-state index in [0.717, 1.165) is 11.3 Å². The van der Waals surface area contributed by atoms with E-state index in [2.05, 4.69) is 10.5 Å². The fourth-order valence-corrected chi connectivity index (χ4v) is 2.03. The number of halogens is 1. The Bertz CT molecular complexity index is 657. The zero-order chi connectivity index (χ0) is 15.8. The molecule has 5 heteroatoms. The van der Waals surface area contributed by atoms with Crippen LogP contribution in [0.1, 0.15) is 18.9 Å². The number of carbonyl (C=O) groups is 1. The Balaban J connectivity index is 1.92. The lowest BCUT2D eigenvalue weighted by molar-refractivity contribution is -0.123. The van der Waals surface area contributed by atoms with Gasteiger partial charge in [0.25, 0.3) is 5.91 Å². The Morgan fingerprint density at radius 3 is 2.64 bits per heavy atom. The third kappa shape index (κ3) is 4.90. The van der Waals surface area contributed by atoms with Gasteiger partial charge >= 0.3 is 0 Å². The van der Waals surface area contributed by atoms with Crippen LogP contribution in [0.25, 0.3) is 0 Å². The maximum atomic E-state index is 11.8. The molecule has 0 aliphatic carbocycles. The van der Waals surface area contributed by atoms with Crippen molar-refractivity contribution >= 4 is 23.2 Å². The van der Waals surface area contributed by atoms with E-state index in [-0.39, 0.29) is 12.5 Å². The zero-order valence-corrected chi connectivity index (χ0v) is 13.0. The number of benzene rings is 2. The second-order valence-electron chi connectivity index (χ2n) is 4.56. The molecule has 0 aliphatic rings. The topological polar surface area (TPSA) is 50.7 Å². The minimum Gasteiger partial charge on any atom is -0.484 e. The van der Waals surface area contributed by atoms with Crippen LogP contribution in [-0.4, -0.2) is 18.2 Å². The quantitative estimate of drug-likeness (QED) is 0.653. The number of carbonyl (C=O) groups excluding carboxylic acids is 1. The highest BCUT2D eigenvalue weighted by Crippen LogP contribution is 2.12. The highest BCUT2D eigenvalue weighted by Gasteiger charge is 2.05. The van der Waals surface area contributed by atoms with Crippen LogP contribution in [0.15, 0.2) is 59.7 Å². The van der Waals surface area contributed by atoms with Gasteiger partial charge in [-0.25, -0.2) is 5.43 Å². The van der Waals surface area contributed by atoms with Crippen molar-refractivity contribution in [1.29, 1.82) is 0 Å². The molecule has 0 aliphatic heterocycles. The molecule has 1 N–H and O–H groups in total. The van der Waals surface area contributed by atoms with Crippen molar-refractivity contribution in [3.05, 3.63) is 65.2 Å². The van der Waals surface area contributed by atoms with E-state index in [1.165, 1.54) is 0 Å². The lowest BCUT2D eigenvalue weighted by atomic mass is 10.1. The predicted octanol–water partition coefficient (Wildman–Crippen LogP) is 3.65. The molecule has 0 heterocycles.